The van der Waals surface area contributed by atoms with Gasteiger partial charge in [0.05, 0.1) is 17.8 Å². The lowest BCUT2D eigenvalue weighted by molar-refractivity contribution is -0.246. The van der Waals surface area contributed by atoms with Crippen molar-refractivity contribution >= 4 is 11.9 Å². The summed E-state index contributed by atoms with van der Waals surface area (Å²) in [5, 5.41) is 0. The number of ether oxygens (including phenoxy) is 4. The van der Waals surface area contributed by atoms with Crippen LogP contribution in [-0.4, -0.2) is 54.5 Å². The van der Waals surface area contributed by atoms with Gasteiger partial charge >= 0.3 is 17.9 Å². The van der Waals surface area contributed by atoms with E-state index >= 15 is 0 Å². The fourth-order valence-electron chi connectivity index (χ4n) is 9.73. The molecule has 0 aromatic heterocycles. The molecule has 0 amide bonds. The van der Waals surface area contributed by atoms with Crippen molar-refractivity contribution in [3.05, 3.63) is 0 Å². The summed E-state index contributed by atoms with van der Waals surface area (Å²) in [6.45, 7) is 2.56. The molecule has 8 aliphatic carbocycles. The average Bonchev–Trinajstić information content (AvgIpc) is 2.77. The van der Waals surface area contributed by atoms with E-state index in [4.69, 9.17) is 14.2 Å². The van der Waals surface area contributed by atoms with Gasteiger partial charge < -0.3 is 18.9 Å². The maximum absolute atomic E-state index is 13.1. The second kappa shape index (κ2) is 8.62. The van der Waals surface area contributed by atoms with Crippen LogP contribution in [-0.2, 0) is 28.5 Å². The summed E-state index contributed by atoms with van der Waals surface area (Å²) in [7, 11) is 0. The fourth-order valence-corrected chi connectivity index (χ4v) is 9.73. The molecule has 8 heteroatoms. The normalized spacial score (nSPS) is 46.2. The van der Waals surface area contributed by atoms with Crippen LogP contribution in [0.5, 0.6) is 0 Å². The predicted molar refractivity (Wildman–Crippen MR) is 125 cm³/mol. The number of carbonyl (C=O) groups excluding carboxylic acids is 2. The van der Waals surface area contributed by atoms with Gasteiger partial charge in [-0.2, -0.15) is 8.78 Å². The first-order valence-electron chi connectivity index (χ1n) is 14.0. The highest BCUT2D eigenvalue weighted by Gasteiger charge is 2.60. The van der Waals surface area contributed by atoms with E-state index in [0.29, 0.717) is 37.0 Å². The molecule has 36 heavy (non-hydrogen) atoms. The first-order valence-corrected chi connectivity index (χ1v) is 14.0. The SMILES string of the molecule is CC(F)(F)C(=O)OCCOC12CC3CC(C1)CC(OCC(=O)OC1(C)C4CC5CC(C4)CC1C5)(C3)C2. The van der Waals surface area contributed by atoms with Gasteiger partial charge in [0.25, 0.3) is 0 Å². The van der Waals surface area contributed by atoms with Crippen LogP contribution >= 0.6 is 0 Å². The van der Waals surface area contributed by atoms with E-state index in [0.717, 1.165) is 43.9 Å². The van der Waals surface area contributed by atoms with E-state index in [1.54, 1.807) is 0 Å². The zero-order chi connectivity index (χ0) is 25.3. The summed E-state index contributed by atoms with van der Waals surface area (Å²) >= 11 is 0. The lowest BCUT2D eigenvalue weighted by atomic mass is 9.50. The Kier molecular flexibility index (Phi) is 5.99. The van der Waals surface area contributed by atoms with Crippen LogP contribution in [0.15, 0.2) is 0 Å². The minimum absolute atomic E-state index is 0.0272. The third-order valence-electron chi connectivity index (χ3n) is 10.6. The van der Waals surface area contributed by atoms with Gasteiger partial charge in [0.15, 0.2) is 0 Å². The highest BCUT2D eigenvalue weighted by atomic mass is 19.3. The van der Waals surface area contributed by atoms with Crippen molar-refractivity contribution in [1.29, 1.82) is 0 Å². The molecule has 0 aliphatic heterocycles. The van der Waals surface area contributed by atoms with Gasteiger partial charge in [-0.1, -0.05) is 0 Å². The number of halogens is 2. The average molecular weight is 511 g/mol. The predicted octanol–water partition coefficient (Wildman–Crippen LogP) is 5.07. The molecule has 8 rings (SSSR count). The summed E-state index contributed by atoms with van der Waals surface area (Å²) in [5.74, 6) is -1.74. The highest BCUT2D eigenvalue weighted by molar-refractivity contribution is 5.76. The molecule has 0 spiro atoms. The zero-order valence-corrected chi connectivity index (χ0v) is 21.6. The Hall–Kier alpha value is -1.28. The van der Waals surface area contributed by atoms with Crippen molar-refractivity contribution in [1.82, 2.24) is 0 Å². The third-order valence-corrected chi connectivity index (χ3v) is 10.6. The summed E-state index contributed by atoms with van der Waals surface area (Å²) < 4.78 is 49.6. The van der Waals surface area contributed by atoms with E-state index in [9.17, 15) is 18.4 Å². The summed E-state index contributed by atoms with van der Waals surface area (Å²) in [6.07, 6.45) is 11.6. The summed E-state index contributed by atoms with van der Waals surface area (Å²) in [4.78, 5) is 24.4. The molecule has 2 unspecified atom stereocenters. The second-order valence-electron chi connectivity index (χ2n) is 13.5. The standard InChI is InChI=1S/C28H40F2O6/c1-25(21-7-17-5-18(9-21)10-22(25)8-17)36-23(31)15-35-28-13-19-6-20(14-28)12-27(11-19,16-28)34-4-3-33-24(32)26(2,29)30/h17-22H,3-16H2,1-2H3. The van der Waals surface area contributed by atoms with E-state index in [1.807, 2.05) is 0 Å². The Bertz CT molecular complexity index is 855. The van der Waals surface area contributed by atoms with Gasteiger partial charge in [-0.25, -0.2) is 9.59 Å². The molecular weight excluding hydrogens is 470 g/mol. The second-order valence-corrected chi connectivity index (χ2v) is 13.5. The molecule has 0 aromatic rings. The number of hydrogen-bond donors (Lipinski definition) is 0. The van der Waals surface area contributed by atoms with Crippen LogP contribution < -0.4 is 0 Å². The van der Waals surface area contributed by atoms with Crippen molar-refractivity contribution < 1.29 is 37.3 Å². The number of hydrogen-bond acceptors (Lipinski definition) is 6. The monoisotopic (exact) mass is 510 g/mol. The summed E-state index contributed by atoms with van der Waals surface area (Å²) in [6, 6.07) is 0. The largest absolute Gasteiger partial charge is 0.459 e. The number of rotatable bonds is 9. The maximum Gasteiger partial charge on any atom is 0.376 e. The van der Waals surface area contributed by atoms with Crippen molar-refractivity contribution in [2.75, 3.05) is 19.8 Å². The molecule has 6 nitrogen and oxygen atoms in total. The fraction of sp³-hybridized carbons (Fsp3) is 0.929. The van der Waals surface area contributed by atoms with Gasteiger partial charge in [-0.15, -0.1) is 0 Å². The molecule has 0 saturated heterocycles. The van der Waals surface area contributed by atoms with E-state index in [1.165, 1.54) is 32.1 Å². The van der Waals surface area contributed by atoms with Gasteiger partial charge in [0.1, 0.15) is 18.8 Å². The Balaban J connectivity index is 1.04. The Morgan fingerprint density at radius 1 is 0.806 bits per heavy atom. The number of esters is 2. The van der Waals surface area contributed by atoms with Gasteiger partial charge in [0.2, 0.25) is 0 Å². The smallest absolute Gasteiger partial charge is 0.376 e. The van der Waals surface area contributed by atoms with Gasteiger partial charge in [-0.05, 0) is 107 Å². The van der Waals surface area contributed by atoms with Crippen LogP contribution in [0, 0.1) is 35.5 Å². The van der Waals surface area contributed by atoms with Crippen molar-refractivity contribution in [2.45, 2.75) is 107 Å². The molecule has 8 saturated carbocycles. The lowest BCUT2D eigenvalue weighted by Crippen LogP contribution is -2.61. The molecule has 2 atom stereocenters. The molecule has 0 N–H and O–H groups in total. The van der Waals surface area contributed by atoms with Crippen LogP contribution in [0.3, 0.4) is 0 Å². The quantitative estimate of drug-likeness (QED) is 0.319. The van der Waals surface area contributed by atoms with Crippen LogP contribution in [0.25, 0.3) is 0 Å². The third kappa shape index (κ3) is 4.48. The molecule has 8 bridgehead atoms. The van der Waals surface area contributed by atoms with Crippen molar-refractivity contribution in [3.63, 3.8) is 0 Å². The van der Waals surface area contributed by atoms with E-state index in [2.05, 4.69) is 11.7 Å². The molecule has 0 heterocycles. The molecule has 0 radical (unpaired) electrons. The maximum atomic E-state index is 13.1. The van der Waals surface area contributed by atoms with Gasteiger partial charge in [-0.3, -0.25) is 0 Å². The molecule has 8 aliphatic rings. The van der Waals surface area contributed by atoms with E-state index < -0.39 is 23.1 Å². The highest BCUT2D eigenvalue weighted by Crippen LogP contribution is 2.61. The first-order chi connectivity index (χ1) is 17.0. The van der Waals surface area contributed by atoms with Crippen molar-refractivity contribution in [3.8, 4) is 0 Å². The number of alkyl halides is 2. The van der Waals surface area contributed by atoms with Crippen LogP contribution in [0.4, 0.5) is 8.78 Å². The van der Waals surface area contributed by atoms with Crippen molar-refractivity contribution in [2.24, 2.45) is 35.5 Å². The lowest BCUT2D eigenvalue weighted by Gasteiger charge is -2.61. The zero-order valence-electron chi connectivity index (χ0n) is 21.6. The van der Waals surface area contributed by atoms with E-state index in [-0.39, 0.29) is 31.4 Å². The van der Waals surface area contributed by atoms with Crippen LogP contribution in [0.1, 0.15) is 84.5 Å². The topological polar surface area (TPSA) is 71.1 Å². The minimum Gasteiger partial charge on any atom is -0.459 e. The van der Waals surface area contributed by atoms with Crippen LogP contribution in [0.2, 0.25) is 0 Å². The molecule has 8 fully saturated rings. The Morgan fingerprint density at radius 3 is 1.89 bits per heavy atom. The summed E-state index contributed by atoms with van der Waals surface area (Å²) in [5.41, 5.74) is -1.16. The molecular formula is C28H40F2O6. The molecule has 0 aromatic carbocycles. The van der Waals surface area contributed by atoms with Gasteiger partial charge in [0, 0.05) is 13.3 Å². The Labute approximate surface area is 212 Å². The minimum atomic E-state index is -3.50. The Morgan fingerprint density at radius 2 is 1.33 bits per heavy atom. The first kappa shape index (κ1) is 25.0. The number of carbonyl (C=O) groups is 2. The molecule has 202 valence electrons.